The zero-order valence-electron chi connectivity index (χ0n) is 7.21. The van der Waals surface area contributed by atoms with Crippen molar-refractivity contribution in [2.24, 2.45) is 11.7 Å². The molecule has 3 nitrogen and oxygen atoms in total. The zero-order chi connectivity index (χ0) is 8.60. The van der Waals surface area contributed by atoms with Crippen LogP contribution in [-0.4, -0.2) is 18.1 Å². The van der Waals surface area contributed by atoms with Crippen LogP contribution in [0.4, 0.5) is 0 Å². The van der Waals surface area contributed by atoms with Crippen LogP contribution < -0.4 is 5.73 Å². The van der Waals surface area contributed by atoms with Crippen molar-refractivity contribution in [1.82, 2.24) is 0 Å². The van der Waals surface area contributed by atoms with E-state index in [0.29, 0.717) is 6.61 Å². The summed E-state index contributed by atoms with van der Waals surface area (Å²) in [4.78, 5) is 10.8. The van der Waals surface area contributed by atoms with E-state index < -0.39 is 0 Å². The number of rotatable bonds is 1. The summed E-state index contributed by atoms with van der Waals surface area (Å²) in [7, 11) is 0. The molecule has 2 fully saturated rings. The van der Waals surface area contributed by atoms with Crippen molar-refractivity contribution in [2.45, 2.75) is 37.7 Å². The van der Waals surface area contributed by atoms with Crippen molar-refractivity contribution in [3.8, 4) is 0 Å². The fourth-order valence-corrected chi connectivity index (χ4v) is 2.06. The third-order valence-electron chi connectivity index (χ3n) is 3.21. The molecule has 1 atom stereocenters. The molecule has 1 aliphatic heterocycles. The highest BCUT2D eigenvalue weighted by atomic mass is 16.5. The van der Waals surface area contributed by atoms with Gasteiger partial charge in [0.15, 0.2) is 0 Å². The molecule has 3 heteroatoms. The molecule has 1 saturated heterocycles. The topological polar surface area (TPSA) is 52.3 Å². The Morgan fingerprint density at radius 1 is 1.42 bits per heavy atom. The average molecular weight is 169 g/mol. The Hall–Kier alpha value is -0.570. The molecule has 12 heavy (non-hydrogen) atoms. The number of amides is 1. The fraction of sp³-hybridized carbons (Fsp3) is 0.889. The highest BCUT2D eigenvalue weighted by Gasteiger charge is 2.42. The summed E-state index contributed by atoms with van der Waals surface area (Å²) in [6.07, 6.45) is 5.59. The number of primary amides is 1. The van der Waals surface area contributed by atoms with E-state index >= 15 is 0 Å². The van der Waals surface area contributed by atoms with Crippen molar-refractivity contribution in [2.75, 3.05) is 6.61 Å². The molecule has 2 aliphatic rings. The molecule has 0 radical (unpaired) electrons. The third-order valence-corrected chi connectivity index (χ3v) is 3.21. The molecule has 0 bridgehead atoms. The minimum atomic E-state index is -0.204. The Bertz CT molecular complexity index is 189. The highest BCUT2D eigenvalue weighted by Crippen LogP contribution is 2.43. The first-order chi connectivity index (χ1) is 5.72. The molecule has 68 valence electrons. The predicted molar refractivity (Wildman–Crippen MR) is 44.5 cm³/mol. The van der Waals surface area contributed by atoms with E-state index in [0.717, 1.165) is 12.8 Å². The largest absolute Gasteiger partial charge is 0.374 e. The summed E-state index contributed by atoms with van der Waals surface area (Å²) in [6, 6.07) is 0. The smallest absolute Gasteiger partial charge is 0.222 e. The molecule has 0 aromatic heterocycles. The number of carbonyl (C=O) groups excluding carboxylic acids is 1. The summed E-state index contributed by atoms with van der Waals surface area (Å²) in [5.74, 6) is -0.236. The summed E-state index contributed by atoms with van der Waals surface area (Å²) in [5, 5.41) is 0. The molecule has 1 unspecified atom stereocenters. The normalized spacial score (nSPS) is 32.8. The van der Waals surface area contributed by atoms with Crippen LogP contribution in [-0.2, 0) is 9.53 Å². The van der Waals surface area contributed by atoms with Crippen molar-refractivity contribution >= 4 is 5.91 Å². The minimum absolute atomic E-state index is 0.0313. The molecule has 1 heterocycles. The molecule has 2 rings (SSSR count). The first-order valence-corrected chi connectivity index (χ1v) is 4.65. The van der Waals surface area contributed by atoms with Gasteiger partial charge in [0.1, 0.15) is 0 Å². The standard InChI is InChI=1S/C9H15NO2/c10-8(11)7-2-5-9(12-6-7)3-1-4-9/h7H,1-6H2,(H2,10,11). The van der Waals surface area contributed by atoms with E-state index in [9.17, 15) is 4.79 Å². The molecule has 1 aliphatic carbocycles. The van der Waals surface area contributed by atoms with E-state index in [-0.39, 0.29) is 17.4 Å². The molecule has 0 aromatic rings. The lowest BCUT2D eigenvalue weighted by Crippen LogP contribution is -2.47. The Morgan fingerprint density at radius 2 is 2.17 bits per heavy atom. The maximum atomic E-state index is 10.8. The Morgan fingerprint density at radius 3 is 2.50 bits per heavy atom. The average Bonchev–Trinajstić information content (AvgIpc) is 2.02. The van der Waals surface area contributed by atoms with Crippen LogP contribution in [0.25, 0.3) is 0 Å². The van der Waals surface area contributed by atoms with Crippen LogP contribution >= 0.6 is 0 Å². The molecular formula is C9H15NO2. The number of hydrogen-bond donors (Lipinski definition) is 1. The maximum absolute atomic E-state index is 10.8. The summed E-state index contributed by atoms with van der Waals surface area (Å²) < 4.78 is 5.67. The SMILES string of the molecule is NC(=O)C1CCC2(CCC2)OC1. The number of nitrogens with two attached hydrogens (primary N) is 1. The Labute approximate surface area is 72.3 Å². The van der Waals surface area contributed by atoms with Gasteiger partial charge in [-0.05, 0) is 32.1 Å². The van der Waals surface area contributed by atoms with E-state index in [4.69, 9.17) is 10.5 Å². The first kappa shape index (κ1) is 8.05. The van der Waals surface area contributed by atoms with Crippen molar-refractivity contribution in [3.63, 3.8) is 0 Å². The van der Waals surface area contributed by atoms with Crippen molar-refractivity contribution in [3.05, 3.63) is 0 Å². The van der Waals surface area contributed by atoms with Gasteiger partial charge in [-0.1, -0.05) is 0 Å². The summed E-state index contributed by atoms with van der Waals surface area (Å²) >= 11 is 0. The lowest BCUT2D eigenvalue weighted by atomic mass is 9.74. The van der Waals surface area contributed by atoms with Crippen molar-refractivity contribution < 1.29 is 9.53 Å². The van der Waals surface area contributed by atoms with Gasteiger partial charge in [0.2, 0.25) is 5.91 Å². The van der Waals surface area contributed by atoms with Crippen LogP contribution in [0, 0.1) is 5.92 Å². The second-order valence-corrected chi connectivity index (χ2v) is 3.99. The van der Waals surface area contributed by atoms with Gasteiger partial charge in [-0.2, -0.15) is 0 Å². The van der Waals surface area contributed by atoms with E-state index in [1.807, 2.05) is 0 Å². The van der Waals surface area contributed by atoms with Crippen LogP contribution in [0.2, 0.25) is 0 Å². The number of ether oxygens (including phenoxy) is 1. The van der Waals surface area contributed by atoms with E-state index in [1.165, 1.54) is 19.3 Å². The number of carbonyl (C=O) groups is 1. The summed E-state index contributed by atoms with van der Waals surface area (Å²) in [5.41, 5.74) is 5.35. The predicted octanol–water partition coefficient (Wildman–Crippen LogP) is 0.821. The van der Waals surface area contributed by atoms with Gasteiger partial charge in [-0.25, -0.2) is 0 Å². The molecule has 1 amide bonds. The second-order valence-electron chi connectivity index (χ2n) is 3.99. The molecule has 1 spiro atoms. The molecule has 1 saturated carbocycles. The Balaban J connectivity index is 1.88. The maximum Gasteiger partial charge on any atom is 0.222 e. The molecule has 2 N–H and O–H groups in total. The van der Waals surface area contributed by atoms with Crippen LogP contribution in [0.15, 0.2) is 0 Å². The van der Waals surface area contributed by atoms with E-state index in [2.05, 4.69) is 0 Å². The van der Waals surface area contributed by atoms with Crippen LogP contribution in [0.1, 0.15) is 32.1 Å². The quantitative estimate of drug-likeness (QED) is 0.631. The van der Waals surface area contributed by atoms with Gasteiger partial charge in [-0.15, -0.1) is 0 Å². The van der Waals surface area contributed by atoms with Crippen LogP contribution in [0.5, 0.6) is 0 Å². The molecule has 0 aromatic carbocycles. The third kappa shape index (κ3) is 1.22. The number of hydrogen-bond acceptors (Lipinski definition) is 2. The van der Waals surface area contributed by atoms with E-state index in [1.54, 1.807) is 0 Å². The Kier molecular flexibility index (Phi) is 1.83. The monoisotopic (exact) mass is 169 g/mol. The van der Waals surface area contributed by atoms with Crippen LogP contribution in [0.3, 0.4) is 0 Å². The lowest BCUT2D eigenvalue weighted by Gasteiger charge is -2.46. The van der Waals surface area contributed by atoms with Gasteiger partial charge < -0.3 is 10.5 Å². The van der Waals surface area contributed by atoms with Gasteiger partial charge in [0.05, 0.1) is 18.1 Å². The highest BCUT2D eigenvalue weighted by molar-refractivity contribution is 5.76. The van der Waals surface area contributed by atoms with Crippen molar-refractivity contribution in [1.29, 1.82) is 0 Å². The lowest BCUT2D eigenvalue weighted by molar-refractivity contribution is -0.156. The van der Waals surface area contributed by atoms with Gasteiger partial charge >= 0.3 is 0 Å². The van der Waals surface area contributed by atoms with Gasteiger partial charge in [0, 0.05) is 0 Å². The second kappa shape index (κ2) is 2.73. The van der Waals surface area contributed by atoms with Gasteiger partial charge in [0.25, 0.3) is 0 Å². The zero-order valence-corrected chi connectivity index (χ0v) is 7.21. The fourth-order valence-electron chi connectivity index (χ4n) is 2.06. The molecular weight excluding hydrogens is 154 g/mol. The van der Waals surface area contributed by atoms with Gasteiger partial charge in [-0.3, -0.25) is 4.79 Å². The minimum Gasteiger partial charge on any atom is -0.374 e. The first-order valence-electron chi connectivity index (χ1n) is 4.65. The summed E-state index contributed by atoms with van der Waals surface area (Å²) in [6.45, 7) is 0.551.